The normalized spacial score (nSPS) is 14.5. The second kappa shape index (κ2) is 14.3. The summed E-state index contributed by atoms with van der Waals surface area (Å²) < 4.78 is 11.4. The van der Waals surface area contributed by atoms with E-state index >= 15 is 0 Å². The van der Waals surface area contributed by atoms with Gasteiger partial charge in [-0.3, -0.25) is 0 Å². The first kappa shape index (κ1) is 18.9. The molecule has 0 aliphatic carbocycles. The summed E-state index contributed by atoms with van der Waals surface area (Å²) in [6.45, 7) is 10.3. The van der Waals surface area contributed by atoms with Gasteiger partial charge in [0, 0.05) is 6.61 Å². The molecule has 0 fully saturated rings. The minimum Gasteiger partial charge on any atom is -0.379 e. The van der Waals surface area contributed by atoms with E-state index in [0.29, 0.717) is 6.10 Å². The van der Waals surface area contributed by atoms with Gasteiger partial charge in [-0.25, -0.2) is 0 Å². The molecular weight excluding hydrogens is 236 g/mol. The third-order valence-corrected chi connectivity index (χ3v) is 3.53. The molecule has 0 radical (unpaired) electrons. The number of unbranched alkanes of at least 4 members (excludes halogenated alkanes) is 7. The van der Waals surface area contributed by atoms with Crippen molar-refractivity contribution < 1.29 is 9.47 Å². The summed E-state index contributed by atoms with van der Waals surface area (Å²) >= 11 is 0. The molecule has 0 aromatic heterocycles. The van der Waals surface area contributed by atoms with Crippen molar-refractivity contribution in [2.45, 2.75) is 97.7 Å². The molecule has 0 bridgehead atoms. The average molecular weight is 272 g/mol. The maximum absolute atomic E-state index is 5.76. The van der Waals surface area contributed by atoms with E-state index in [4.69, 9.17) is 9.47 Å². The van der Waals surface area contributed by atoms with Gasteiger partial charge in [0.05, 0.1) is 18.8 Å². The predicted molar refractivity (Wildman–Crippen MR) is 83.7 cm³/mol. The Morgan fingerprint density at radius 3 is 1.89 bits per heavy atom. The first-order chi connectivity index (χ1) is 9.20. The van der Waals surface area contributed by atoms with Crippen LogP contribution in [0.5, 0.6) is 0 Å². The second-order valence-corrected chi connectivity index (χ2v) is 5.72. The summed E-state index contributed by atoms with van der Waals surface area (Å²) in [5.74, 6) is 0. The summed E-state index contributed by atoms with van der Waals surface area (Å²) in [7, 11) is 0. The monoisotopic (exact) mass is 272 g/mol. The van der Waals surface area contributed by atoms with Gasteiger partial charge in [-0.15, -0.1) is 0 Å². The molecule has 2 unspecified atom stereocenters. The highest BCUT2D eigenvalue weighted by atomic mass is 16.5. The minimum absolute atomic E-state index is 0.226. The molecule has 2 nitrogen and oxygen atoms in total. The lowest BCUT2D eigenvalue weighted by molar-refractivity contribution is -0.0428. The highest BCUT2D eigenvalue weighted by Gasteiger charge is 2.06. The molecule has 0 spiro atoms. The van der Waals surface area contributed by atoms with Crippen molar-refractivity contribution in [1.82, 2.24) is 0 Å². The Kier molecular flexibility index (Phi) is 14.3. The fraction of sp³-hybridized carbons (Fsp3) is 1.00. The topological polar surface area (TPSA) is 18.5 Å². The van der Waals surface area contributed by atoms with Gasteiger partial charge in [-0.2, -0.15) is 0 Å². The van der Waals surface area contributed by atoms with Crippen molar-refractivity contribution in [3.63, 3.8) is 0 Å². The quantitative estimate of drug-likeness (QED) is 0.397. The fourth-order valence-electron chi connectivity index (χ4n) is 2.12. The minimum atomic E-state index is 0.226. The summed E-state index contributed by atoms with van der Waals surface area (Å²) in [6.07, 6.45) is 12.5. The largest absolute Gasteiger partial charge is 0.379 e. The van der Waals surface area contributed by atoms with Crippen LogP contribution >= 0.6 is 0 Å². The first-order valence-corrected chi connectivity index (χ1v) is 8.43. The van der Waals surface area contributed by atoms with Crippen LogP contribution in [0, 0.1) is 0 Å². The Morgan fingerprint density at radius 1 is 0.737 bits per heavy atom. The van der Waals surface area contributed by atoms with E-state index in [9.17, 15) is 0 Å². The summed E-state index contributed by atoms with van der Waals surface area (Å²) in [5.41, 5.74) is 0. The molecule has 19 heavy (non-hydrogen) atoms. The Balaban J connectivity index is 3.13. The van der Waals surface area contributed by atoms with E-state index in [1.165, 1.54) is 51.4 Å². The molecule has 0 saturated heterocycles. The van der Waals surface area contributed by atoms with Gasteiger partial charge in [0.25, 0.3) is 0 Å². The molecule has 0 aliphatic rings. The van der Waals surface area contributed by atoms with E-state index < -0.39 is 0 Å². The molecule has 0 heterocycles. The molecule has 0 aromatic carbocycles. The van der Waals surface area contributed by atoms with Gasteiger partial charge in [0.15, 0.2) is 0 Å². The van der Waals surface area contributed by atoms with E-state index in [1.807, 2.05) is 0 Å². The van der Waals surface area contributed by atoms with Crippen LogP contribution in [-0.4, -0.2) is 25.4 Å². The SMILES string of the molecule is CCCCCCCCCCOCC(C)OC(C)CC. The van der Waals surface area contributed by atoms with Crippen molar-refractivity contribution in [3.8, 4) is 0 Å². The Labute approximate surface area is 121 Å². The van der Waals surface area contributed by atoms with E-state index in [2.05, 4.69) is 27.7 Å². The summed E-state index contributed by atoms with van der Waals surface area (Å²) in [5, 5.41) is 0. The van der Waals surface area contributed by atoms with Crippen LogP contribution in [0.15, 0.2) is 0 Å². The Morgan fingerprint density at radius 2 is 1.32 bits per heavy atom. The Bertz CT molecular complexity index is 171. The highest BCUT2D eigenvalue weighted by Crippen LogP contribution is 2.08. The first-order valence-electron chi connectivity index (χ1n) is 8.43. The average Bonchev–Trinajstić information content (AvgIpc) is 2.40. The second-order valence-electron chi connectivity index (χ2n) is 5.72. The Hall–Kier alpha value is -0.0800. The highest BCUT2D eigenvalue weighted by molar-refractivity contribution is 4.53. The third kappa shape index (κ3) is 14.1. The zero-order valence-electron chi connectivity index (χ0n) is 13.7. The zero-order chi connectivity index (χ0) is 14.3. The van der Waals surface area contributed by atoms with Crippen LogP contribution in [-0.2, 0) is 9.47 Å². The molecule has 0 rings (SSSR count). The molecule has 0 aliphatic heterocycles. The smallest absolute Gasteiger partial charge is 0.0784 e. The number of rotatable bonds is 14. The molecule has 116 valence electrons. The van der Waals surface area contributed by atoms with Gasteiger partial charge in [0.2, 0.25) is 0 Å². The van der Waals surface area contributed by atoms with Gasteiger partial charge in [-0.1, -0.05) is 58.8 Å². The lowest BCUT2D eigenvalue weighted by Gasteiger charge is -2.17. The van der Waals surface area contributed by atoms with Crippen LogP contribution in [0.4, 0.5) is 0 Å². The van der Waals surface area contributed by atoms with Gasteiger partial charge in [0.1, 0.15) is 0 Å². The molecule has 0 amide bonds. The number of hydrogen-bond donors (Lipinski definition) is 0. The standard InChI is InChI=1S/C17H36O2/c1-5-7-8-9-10-11-12-13-14-18-15-17(4)19-16(3)6-2/h16-17H,5-15H2,1-4H3. The van der Waals surface area contributed by atoms with Gasteiger partial charge >= 0.3 is 0 Å². The van der Waals surface area contributed by atoms with Crippen molar-refractivity contribution in [3.05, 3.63) is 0 Å². The van der Waals surface area contributed by atoms with Crippen LogP contribution in [0.2, 0.25) is 0 Å². The van der Waals surface area contributed by atoms with Gasteiger partial charge in [-0.05, 0) is 26.7 Å². The molecule has 2 atom stereocenters. The number of ether oxygens (including phenoxy) is 2. The molecular formula is C17H36O2. The fourth-order valence-corrected chi connectivity index (χ4v) is 2.12. The summed E-state index contributed by atoms with van der Waals surface area (Å²) in [6, 6.07) is 0. The van der Waals surface area contributed by atoms with Crippen LogP contribution < -0.4 is 0 Å². The van der Waals surface area contributed by atoms with Crippen molar-refractivity contribution >= 4 is 0 Å². The van der Waals surface area contributed by atoms with E-state index in [0.717, 1.165) is 19.6 Å². The van der Waals surface area contributed by atoms with Crippen LogP contribution in [0.1, 0.15) is 85.5 Å². The van der Waals surface area contributed by atoms with Crippen molar-refractivity contribution in [2.75, 3.05) is 13.2 Å². The maximum atomic E-state index is 5.76. The molecule has 0 saturated carbocycles. The lowest BCUT2D eigenvalue weighted by Crippen LogP contribution is -2.21. The molecule has 0 aromatic rings. The predicted octanol–water partition coefficient (Wildman–Crippen LogP) is 5.35. The van der Waals surface area contributed by atoms with E-state index in [1.54, 1.807) is 0 Å². The lowest BCUT2D eigenvalue weighted by atomic mass is 10.1. The van der Waals surface area contributed by atoms with E-state index in [-0.39, 0.29) is 6.10 Å². The van der Waals surface area contributed by atoms with Crippen LogP contribution in [0.25, 0.3) is 0 Å². The van der Waals surface area contributed by atoms with Crippen LogP contribution in [0.3, 0.4) is 0 Å². The van der Waals surface area contributed by atoms with Crippen molar-refractivity contribution in [1.29, 1.82) is 0 Å². The maximum Gasteiger partial charge on any atom is 0.0784 e. The van der Waals surface area contributed by atoms with Crippen molar-refractivity contribution in [2.24, 2.45) is 0 Å². The zero-order valence-corrected chi connectivity index (χ0v) is 13.7. The third-order valence-electron chi connectivity index (χ3n) is 3.53. The summed E-state index contributed by atoms with van der Waals surface area (Å²) in [4.78, 5) is 0. The molecule has 2 heteroatoms. The molecule has 0 N–H and O–H groups in total. The van der Waals surface area contributed by atoms with Gasteiger partial charge < -0.3 is 9.47 Å². The number of hydrogen-bond acceptors (Lipinski definition) is 2.